The van der Waals surface area contributed by atoms with Crippen molar-refractivity contribution in [3.8, 4) is 0 Å². The lowest BCUT2D eigenvalue weighted by Crippen LogP contribution is -2.43. The quantitative estimate of drug-likeness (QED) is 0.641. The Labute approximate surface area is 154 Å². The topological polar surface area (TPSA) is 87.5 Å². The van der Waals surface area contributed by atoms with E-state index in [1.165, 1.54) is 22.6 Å². The minimum Gasteiger partial charge on any atom is -0.353 e. The normalized spacial score (nSPS) is 19.6. The molecule has 2 aliphatic heterocycles. The second kappa shape index (κ2) is 6.54. The number of rotatable bonds is 3. The van der Waals surface area contributed by atoms with Crippen LogP contribution in [0.3, 0.4) is 0 Å². The Morgan fingerprint density at radius 3 is 2.81 bits per heavy atom. The van der Waals surface area contributed by atoms with Gasteiger partial charge in [0.1, 0.15) is 11.2 Å². The molecule has 26 heavy (non-hydrogen) atoms. The van der Waals surface area contributed by atoms with Crippen LogP contribution in [0.5, 0.6) is 0 Å². The molecule has 0 radical (unpaired) electrons. The van der Waals surface area contributed by atoms with E-state index < -0.39 is 4.92 Å². The lowest BCUT2D eigenvalue weighted by Gasteiger charge is -2.25. The van der Waals surface area contributed by atoms with Gasteiger partial charge in [0.05, 0.1) is 10.5 Å². The molecule has 8 heteroatoms. The lowest BCUT2D eigenvalue weighted by atomic mass is 10.0. The highest BCUT2D eigenvalue weighted by Gasteiger charge is 2.31. The Bertz CT molecular complexity index is 904. The first-order valence-electron chi connectivity index (χ1n) is 8.34. The van der Waals surface area contributed by atoms with Gasteiger partial charge in [-0.2, -0.15) is 0 Å². The predicted octanol–water partition coefficient (Wildman–Crippen LogP) is 2.84. The first-order chi connectivity index (χ1) is 12.5. The Morgan fingerprint density at radius 1 is 1.31 bits per heavy atom. The predicted molar refractivity (Wildman–Crippen MR) is 101 cm³/mol. The second-order valence-electron chi connectivity index (χ2n) is 6.50. The number of fused-ring (bicyclic) bond motifs is 3. The molecular formula is C18H18N4O3S. The summed E-state index contributed by atoms with van der Waals surface area (Å²) in [6.45, 7) is 1.85. The van der Waals surface area contributed by atoms with E-state index in [1.807, 2.05) is 12.2 Å². The van der Waals surface area contributed by atoms with E-state index in [1.54, 1.807) is 23.5 Å². The number of hydrogen-bond acceptors (Lipinski definition) is 6. The summed E-state index contributed by atoms with van der Waals surface area (Å²) in [5, 5.41) is 18.0. The fourth-order valence-electron chi connectivity index (χ4n) is 3.27. The summed E-state index contributed by atoms with van der Waals surface area (Å²) in [6.07, 6.45) is 4.29. The van der Waals surface area contributed by atoms with Crippen molar-refractivity contribution in [1.82, 2.24) is 10.2 Å². The molecule has 2 aliphatic rings. The van der Waals surface area contributed by atoms with E-state index in [0.717, 1.165) is 35.6 Å². The highest BCUT2D eigenvalue weighted by Crippen LogP contribution is 2.38. The van der Waals surface area contributed by atoms with Crippen LogP contribution in [-0.4, -0.2) is 35.5 Å². The van der Waals surface area contributed by atoms with E-state index in [2.05, 4.69) is 22.6 Å². The van der Waals surface area contributed by atoms with E-state index in [4.69, 9.17) is 0 Å². The van der Waals surface area contributed by atoms with Crippen LogP contribution in [0.1, 0.15) is 26.4 Å². The van der Waals surface area contributed by atoms with Crippen molar-refractivity contribution in [2.24, 2.45) is 0 Å². The average molecular weight is 370 g/mol. The molecule has 0 bridgehead atoms. The van der Waals surface area contributed by atoms with Crippen LogP contribution in [0.15, 0.2) is 30.3 Å². The molecule has 0 aliphatic carbocycles. The number of hydrogen-bond donors (Lipinski definition) is 2. The number of nitro groups is 1. The molecule has 1 aromatic carbocycles. The number of thiophene rings is 1. The van der Waals surface area contributed by atoms with Crippen molar-refractivity contribution >= 4 is 34.0 Å². The molecule has 3 heterocycles. The van der Waals surface area contributed by atoms with Gasteiger partial charge >= 0.3 is 0 Å². The van der Waals surface area contributed by atoms with Crippen LogP contribution in [0.4, 0.5) is 10.7 Å². The van der Waals surface area contributed by atoms with Crippen LogP contribution >= 0.6 is 11.3 Å². The van der Waals surface area contributed by atoms with Crippen molar-refractivity contribution in [2.75, 3.05) is 18.9 Å². The van der Waals surface area contributed by atoms with Gasteiger partial charge in [-0.25, -0.2) is 0 Å². The lowest BCUT2D eigenvalue weighted by molar-refractivity contribution is -0.384. The second-order valence-corrected chi connectivity index (χ2v) is 7.60. The molecule has 1 amide bonds. The number of likely N-dealkylation sites (N-methyl/N-ethyl adjacent to an activating group) is 1. The maximum Gasteiger partial charge on any atom is 0.269 e. The molecule has 134 valence electrons. The average Bonchev–Trinajstić information content (AvgIpc) is 2.98. The molecule has 1 atom stereocenters. The number of nitrogens with one attached hydrogen (secondary N) is 2. The van der Waals surface area contributed by atoms with Gasteiger partial charge in [0, 0.05) is 30.1 Å². The van der Waals surface area contributed by atoms with Crippen molar-refractivity contribution < 1.29 is 9.72 Å². The third-order valence-corrected chi connectivity index (χ3v) is 5.78. The fourth-order valence-corrected chi connectivity index (χ4v) is 4.64. The molecular weight excluding hydrogens is 352 g/mol. The van der Waals surface area contributed by atoms with Crippen LogP contribution in [0, 0.1) is 10.1 Å². The Hall–Kier alpha value is -2.71. The molecule has 1 aromatic heterocycles. The summed E-state index contributed by atoms with van der Waals surface area (Å²) < 4.78 is 0. The summed E-state index contributed by atoms with van der Waals surface area (Å²) in [5.74, 6) is -0.0425. The molecule has 7 nitrogen and oxygen atoms in total. The van der Waals surface area contributed by atoms with E-state index in [-0.39, 0.29) is 17.8 Å². The van der Waals surface area contributed by atoms with E-state index >= 15 is 0 Å². The zero-order chi connectivity index (χ0) is 18.3. The van der Waals surface area contributed by atoms with Crippen LogP contribution in [-0.2, 0) is 13.0 Å². The van der Waals surface area contributed by atoms with Gasteiger partial charge in [0.15, 0.2) is 0 Å². The van der Waals surface area contributed by atoms with Crippen molar-refractivity contribution in [3.63, 3.8) is 0 Å². The monoisotopic (exact) mass is 370 g/mol. The molecule has 0 saturated heterocycles. The fraction of sp³-hybridized carbons (Fsp3) is 0.278. The van der Waals surface area contributed by atoms with Crippen LogP contribution < -0.4 is 10.6 Å². The number of carbonyl (C=O) groups is 1. The standard InChI is InChI=1S/C18H18N4O3S/c1-21-9-8-13-14(10-21)26-18-16(13)17(23)19-15(20-18)7-4-11-2-5-12(6-3-11)22(24)25/h2-7,15,20H,8-10H2,1H3,(H,19,23)/b7-4-/t15-/m0/s1. The zero-order valence-corrected chi connectivity index (χ0v) is 15.0. The third-order valence-electron chi connectivity index (χ3n) is 4.63. The van der Waals surface area contributed by atoms with Gasteiger partial charge in [0.2, 0.25) is 0 Å². The van der Waals surface area contributed by atoms with Gasteiger partial charge in [-0.1, -0.05) is 6.08 Å². The van der Waals surface area contributed by atoms with Gasteiger partial charge in [0.25, 0.3) is 11.6 Å². The number of anilines is 1. The summed E-state index contributed by atoms with van der Waals surface area (Å²) >= 11 is 1.65. The van der Waals surface area contributed by atoms with Gasteiger partial charge < -0.3 is 15.5 Å². The highest BCUT2D eigenvalue weighted by molar-refractivity contribution is 7.16. The number of nitro benzene ring substituents is 1. The van der Waals surface area contributed by atoms with E-state index in [9.17, 15) is 14.9 Å². The Balaban J connectivity index is 1.52. The Kier molecular flexibility index (Phi) is 4.21. The van der Waals surface area contributed by atoms with Crippen molar-refractivity contribution in [2.45, 2.75) is 19.1 Å². The van der Waals surface area contributed by atoms with Crippen LogP contribution in [0.2, 0.25) is 0 Å². The van der Waals surface area contributed by atoms with Gasteiger partial charge in [-0.3, -0.25) is 14.9 Å². The van der Waals surface area contributed by atoms with Gasteiger partial charge in [-0.05, 0) is 42.8 Å². The number of amides is 1. The van der Waals surface area contributed by atoms with E-state index in [0.29, 0.717) is 0 Å². The van der Waals surface area contributed by atoms with Gasteiger partial charge in [-0.15, -0.1) is 11.3 Å². The first-order valence-corrected chi connectivity index (χ1v) is 9.16. The molecule has 0 saturated carbocycles. The summed E-state index contributed by atoms with van der Waals surface area (Å²) in [5.41, 5.74) is 2.86. The summed E-state index contributed by atoms with van der Waals surface area (Å²) in [7, 11) is 2.09. The number of nitrogens with zero attached hydrogens (tertiary/aromatic N) is 2. The molecule has 0 unspecified atom stereocenters. The maximum atomic E-state index is 12.6. The number of carbonyl (C=O) groups excluding carboxylic acids is 1. The largest absolute Gasteiger partial charge is 0.353 e. The third kappa shape index (κ3) is 3.09. The maximum absolute atomic E-state index is 12.6. The smallest absolute Gasteiger partial charge is 0.269 e. The summed E-state index contributed by atoms with van der Waals surface area (Å²) in [4.78, 5) is 26.4. The SMILES string of the molecule is CN1CCc2c(sc3c2C(=O)N[C@H](/C=C\c2ccc([N+](=O)[O-])cc2)N3)C1. The first kappa shape index (κ1) is 16.7. The van der Waals surface area contributed by atoms with Crippen LogP contribution in [0.25, 0.3) is 6.08 Å². The molecule has 2 N–H and O–H groups in total. The molecule has 0 spiro atoms. The molecule has 4 rings (SSSR count). The molecule has 2 aromatic rings. The Morgan fingerprint density at radius 2 is 2.08 bits per heavy atom. The van der Waals surface area contributed by atoms with Crippen molar-refractivity contribution in [1.29, 1.82) is 0 Å². The zero-order valence-electron chi connectivity index (χ0n) is 14.2. The van der Waals surface area contributed by atoms with Crippen molar-refractivity contribution in [3.05, 3.63) is 62.0 Å². The summed E-state index contributed by atoms with van der Waals surface area (Å²) in [6, 6.07) is 6.30. The number of non-ortho nitro benzene ring substituents is 1. The molecule has 0 fully saturated rings. The highest BCUT2D eigenvalue weighted by atomic mass is 32.1. The number of benzene rings is 1. The minimum absolute atomic E-state index is 0.0425. The minimum atomic E-state index is -0.423.